The Balaban J connectivity index is 1.54. The second-order valence-electron chi connectivity index (χ2n) is 12.6. The highest BCUT2D eigenvalue weighted by molar-refractivity contribution is 7.92. The van der Waals surface area contributed by atoms with Gasteiger partial charge in [-0.25, -0.2) is 17.9 Å². The first-order valence-electron chi connectivity index (χ1n) is 15.9. The largest absolute Gasteiger partial charge is 0.337 e. The average molecular weight is 649 g/mol. The van der Waals surface area contributed by atoms with Crippen LogP contribution in [0, 0.1) is 13.8 Å². The van der Waals surface area contributed by atoms with Gasteiger partial charge in [0.1, 0.15) is 11.4 Å². The van der Waals surface area contributed by atoms with Gasteiger partial charge in [-0.2, -0.15) is 0 Å². The van der Waals surface area contributed by atoms with Gasteiger partial charge in [-0.3, -0.25) is 14.7 Å². The first kappa shape index (κ1) is 33.2. The van der Waals surface area contributed by atoms with E-state index >= 15 is 0 Å². The molecule has 5 rings (SSSR count). The molecule has 1 aliphatic heterocycles. The Hall–Kier alpha value is -4.19. The summed E-state index contributed by atoms with van der Waals surface area (Å²) in [6, 6.07) is 12.3. The number of anilines is 1. The molecule has 1 saturated carbocycles. The highest BCUT2D eigenvalue weighted by atomic mass is 32.2. The van der Waals surface area contributed by atoms with Gasteiger partial charge in [0.05, 0.1) is 17.1 Å². The Morgan fingerprint density at radius 1 is 1.07 bits per heavy atom. The molecule has 1 aliphatic carbocycles. The fraction of sp³-hybridized carbons (Fsp3) is 0.471. The number of nitrogens with one attached hydrogen (secondary N) is 1. The van der Waals surface area contributed by atoms with E-state index in [1.54, 1.807) is 64.2 Å². The number of rotatable bonds is 11. The van der Waals surface area contributed by atoms with E-state index < -0.39 is 15.6 Å². The Morgan fingerprint density at radius 2 is 1.78 bits per heavy atom. The van der Waals surface area contributed by atoms with Crippen LogP contribution in [0.1, 0.15) is 74.3 Å². The maximum absolute atomic E-state index is 13.8. The number of amides is 3. The number of amidine groups is 1. The maximum atomic E-state index is 13.8. The quantitative estimate of drug-likeness (QED) is 0.267. The molecule has 246 valence electrons. The van der Waals surface area contributed by atoms with Gasteiger partial charge in [0.25, 0.3) is 15.9 Å². The van der Waals surface area contributed by atoms with Crippen LogP contribution in [0.15, 0.2) is 56.9 Å². The van der Waals surface area contributed by atoms with Crippen LogP contribution in [0.3, 0.4) is 0 Å². The molecule has 12 heteroatoms. The van der Waals surface area contributed by atoms with E-state index in [-0.39, 0.29) is 29.3 Å². The number of urea groups is 1. The van der Waals surface area contributed by atoms with Crippen molar-refractivity contribution in [2.24, 2.45) is 4.99 Å². The SMILES string of the molecule is CCCCC1=NC2(CCCC2)C(=O)N1Cc1ccc(-c2ccccc2S(=O)(=O)Nc2onc(C)c2C)c(CN(C)C(=O)N(C)C)c1. The number of nitrogens with zero attached hydrogens (tertiary/aromatic N) is 5. The van der Waals surface area contributed by atoms with Gasteiger partial charge in [0.15, 0.2) is 0 Å². The zero-order valence-corrected chi connectivity index (χ0v) is 28.4. The molecular formula is C34H44N6O5S. The summed E-state index contributed by atoms with van der Waals surface area (Å²) in [6.45, 7) is 6.18. The van der Waals surface area contributed by atoms with Crippen molar-refractivity contribution in [1.29, 1.82) is 0 Å². The van der Waals surface area contributed by atoms with Crippen LogP contribution in [-0.4, -0.2) is 72.7 Å². The van der Waals surface area contributed by atoms with Gasteiger partial charge < -0.3 is 14.3 Å². The molecule has 0 unspecified atom stereocenters. The van der Waals surface area contributed by atoms with Crippen LogP contribution >= 0.6 is 0 Å². The molecular weight excluding hydrogens is 604 g/mol. The topological polar surface area (TPSA) is 128 Å². The zero-order valence-electron chi connectivity index (χ0n) is 27.6. The van der Waals surface area contributed by atoms with Crippen molar-refractivity contribution in [3.05, 3.63) is 64.8 Å². The normalized spacial score (nSPS) is 15.8. The summed E-state index contributed by atoms with van der Waals surface area (Å²) in [5.41, 5.74) is 3.33. The molecule has 1 spiro atoms. The number of carbonyl (C=O) groups is 2. The second kappa shape index (κ2) is 13.3. The molecule has 11 nitrogen and oxygen atoms in total. The zero-order chi connectivity index (χ0) is 33.2. The van der Waals surface area contributed by atoms with Crippen molar-refractivity contribution < 1.29 is 22.5 Å². The number of aryl methyl sites for hydroxylation is 1. The number of hydrogen-bond donors (Lipinski definition) is 1. The molecule has 1 N–H and O–H groups in total. The third-order valence-electron chi connectivity index (χ3n) is 8.96. The standard InChI is InChI=1S/C34H44N6O5S/c1-7-8-15-30-35-34(18-11-12-19-34)32(41)40(30)21-25-16-17-27(26(20-25)22-39(6)33(42)38(4)5)28-13-9-10-14-29(28)46(43,44)37-31-23(2)24(3)36-45-31/h9-10,13-14,16-17,20,37H,7-8,11-12,15,18-19,21-22H2,1-6H3. The second-order valence-corrected chi connectivity index (χ2v) is 14.3. The van der Waals surface area contributed by atoms with Crippen LogP contribution in [0.4, 0.5) is 10.7 Å². The predicted molar refractivity (Wildman–Crippen MR) is 178 cm³/mol. The molecule has 0 saturated heterocycles. The van der Waals surface area contributed by atoms with Crippen LogP contribution in [0.25, 0.3) is 11.1 Å². The summed E-state index contributed by atoms with van der Waals surface area (Å²) < 4.78 is 35.3. The number of carbonyl (C=O) groups excluding carboxylic acids is 2. The van der Waals surface area contributed by atoms with Crippen LogP contribution < -0.4 is 4.72 Å². The van der Waals surface area contributed by atoms with Gasteiger partial charge in [0.2, 0.25) is 5.88 Å². The lowest BCUT2D eigenvalue weighted by Crippen LogP contribution is -2.40. The Labute approximate surface area is 271 Å². The molecule has 0 bridgehead atoms. The molecule has 46 heavy (non-hydrogen) atoms. The van der Waals surface area contributed by atoms with Crippen molar-refractivity contribution in [2.45, 2.75) is 89.2 Å². The summed E-state index contributed by atoms with van der Waals surface area (Å²) in [5.74, 6) is 0.983. The van der Waals surface area contributed by atoms with Crippen molar-refractivity contribution in [3.8, 4) is 11.1 Å². The van der Waals surface area contributed by atoms with E-state index in [1.807, 2.05) is 23.1 Å². The minimum Gasteiger partial charge on any atom is -0.337 e. The highest BCUT2D eigenvalue weighted by Crippen LogP contribution is 2.40. The number of benzene rings is 2. The van der Waals surface area contributed by atoms with E-state index in [0.717, 1.165) is 61.9 Å². The van der Waals surface area contributed by atoms with Crippen molar-refractivity contribution in [1.82, 2.24) is 19.9 Å². The molecule has 3 amide bonds. The number of aromatic nitrogens is 1. The fourth-order valence-corrected chi connectivity index (χ4v) is 7.56. The molecule has 3 aromatic rings. The number of unbranched alkanes of at least 4 members (excludes halogenated alkanes) is 1. The summed E-state index contributed by atoms with van der Waals surface area (Å²) in [7, 11) is 1.000. The summed E-state index contributed by atoms with van der Waals surface area (Å²) in [6.07, 6.45) is 6.28. The smallest absolute Gasteiger partial charge is 0.319 e. The van der Waals surface area contributed by atoms with Gasteiger partial charge in [-0.05, 0) is 55.9 Å². The van der Waals surface area contributed by atoms with Crippen molar-refractivity contribution in [2.75, 3.05) is 25.9 Å². The van der Waals surface area contributed by atoms with Crippen molar-refractivity contribution >= 4 is 33.7 Å². The third kappa shape index (κ3) is 6.53. The number of hydrogen-bond acceptors (Lipinski definition) is 7. The highest BCUT2D eigenvalue weighted by Gasteiger charge is 2.49. The predicted octanol–water partition coefficient (Wildman–Crippen LogP) is 6.12. The Morgan fingerprint density at radius 3 is 2.43 bits per heavy atom. The fourth-order valence-electron chi connectivity index (χ4n) is 6.30. The summed E-state index contributed by atoms with van der Waals surface area (Å²) in [4.78, 5) is 36.7. The molecule has 2 aliphatic rings. The Bertz CT molecular complexity index is 1760. The molecule has 0 atom stereocenters. The van der Waals surface area contributed by atoms with Crippen molar-refractivity contribution in [3.63, 3.8) is 0 Å². The summed E-state index contributed by atoms with van der Waals surface area (Å²) in [5, 5.41) is 3.87. The van der Waals surface area contributed by atoms with Gasteiger partial charge in [0, 0.05) is 45.2 Å². The van der Waals surface area contributed by atoms with E-state index in [1.165, 1.54) is 4.90 Å². The molecule has 0 radical (unpaired) electrons. The number of aliphatic imine (C=N–C) groups is 1. The Kier molecular flexibility index (Phi) is 9.57. The average Bonchev–Trinajstić information content (AvgIpc) is 3.70. The summed E-state index contributed by atoms with van der Waals surface area (Å²) >= 11 is 0. The number of sulfonamides is 1. The monoisotopic (exact) mass is 648 g/mol. The van der Waals surface area contributed by atoms with Gasteiger partial charge >= 0.3 is 6.03 Å². The maximum Gasteiger partial charge on any atom is 0.319 e. The van der Waals surface area contributed by atoms with Crippen LogP contribution in [0.5, 0.6) is 0 Å². The van der Waals surface area contributed by atoms with E-state index in [2.05, 4.69) is 16.8 Å². The van der Waals surface area contributed by atoms with E-state index in [4.69, 9.17) is 9.52 Å². The lowest BCUT2D eigenvalue weighted by molar-refractivity contribution is -0.131. The first-order chi connectivity index (χ1) is 21.9. The molecule has 1 aromatic heterocycles. The van der Waals surface area contributed by atoms with E-state index in [0.29, 0.717) is 28.9 Å². The van der Waals surface area contributed by atoms with Gasteiger partial charge in [-0.15, -0.1) is 0 Å². The minimum atomic E-state index is -4.08. The van der Waals surface area contributed by atoms with Crippen LogP contribution in [0.2, 0.25) is 0 Å². The van der Waals surface area contributed by atoms with E-state index in [9.17, 15) is 18.0 Å². The minimum absolute atomic E-state index is 0.0610. The molecule has 1 fully saturated rings. The lowest BCUT2D eigenvalue weighted by atomic mass is 9.96. The van der Waals surface area contributed by atoms with Gasteiger partial charge in [-0.1, -0.05) is 67.7 Å². The third-order valence-corrected chi connectivity index (χ3v) is 10.3. The van der Waals surface area contributed by atoms with Crippen LogP contribution in [-0.2, 0) is 27.9 Å². The molecule has 2 heterocycles. The first-order valence-corrected chi connectivity index (χ1v) is 17.3. The molecule has 2 aromatic carbocycles. The lowest BCUT2D eigenvalue weighted by Gasteiger charge is -2.25.